The lowest BCUT2D eigenvalue weighted by molar-refractivity contribution is -0.138. The lowest BCUT2D eigenvalue weighted by atomic mass is 10.0. The molecule has 1 heterocycles. The predicted molar refractivity (Wildman–Crippen MR) is 97.3 cm³/mol. The van der Waals surface area contributed by atoms with E-state index in [1.54, 1.807) is 13.3 Å². The first-order valence-electron chi connectivity index (χ1n) is 7.44. The van der Waals surface area contributed by atoms with Crippen molar-refractivity contribution in [2.75, 3.05) is 7.11 Å². The lowest BCUT2D eigenvalue weighted by Gasteiger charge is -2.07. The van der Waals surface area contributed by atoms with E-state index in [2.05, 4.69) is 15.5 Å². The maximum absolute atomic E-state index is 11.7. The van der Waals surface area contributed by atoms with E-state index in [-0.39, 0.29) is 17.5 Å². The molecular formula is C17H15N3O4S. The highest BCUT2D eigenvalue weighted by Crippen LogP contribution is 2.27. The van der Waals surface area contributed by atoms with Gasteiger partial charge < -0.3 is 15.2 Å². The summed E-state index contributed by atoms with van der Waals surface area (Å²) >= 11 is 1.06. The molecule has 1 fully saturated rings. The maximum atomic E-state index is 11.7. The Labute approximate surface area is 147 Å². The Hall–Kier alpha value is -2.87. The van der Waals surface area contributed by atoms with Gasteiger partial charge in [0.25, 0.3) is 0 Å². The Balaban J connectivity index is 1.84. The highest BCUT2D eigenvalue weighted by molar-refractivity contribution is 8.15. The van der Waals surface area contributed by atoms with Crippen LogP contribution in [0.25, 0.3) is 10.8 Å². The van der Waals surface area contributed by atoms with Crippen LogP contribution in [-0.4, -0.2) is 40.7 Å². The molecule has 0 aromatic heterocycles. The summed E-state index contributed by atoms with van der Waals surface area (Å²) in [6.45, 7) is 0. The van der Waals surface area contributed by atoms with Gasteiger partial charge in [0.15, 0.2) is 5.17 Å². The van der Waals surface area contributed by atoms with Gasteiger partial charge in [0.05, 0.1) is 19.7 Å². The average Bonchev–Trinajstić information content (AvgIpc) is 2.94. The van der Waals surface area contributed by atoms with Crippen LogP contribution in [0.3, 0.4) is 0 Å². The highest BCUT2D eigenvalue weighted by Gasteiger charge is 2.32. The van der Waals surface area contributed by atoms with Gasteiger partial charge in [-0.3, -0.25) is 9.59 Å². The Bertz CT molecular complexity index is 895. The molecule has 0 radical (unpaired) electrons. The Morgan fingerprint density at radius 3 is 2.92 bits per heavy atom. The van der Waals surface area contributed by atoms with Crippen molar-refractivity contribution >= 4 is 45.8 Å². The van der Waals surface area contributed by atoms with Crippen LogP contribution in [0.2, 0.25) is 0 Å². The lowest BCUT2D eigenvalue weighted by Crippen LogP contribution is -2.26. The third-order valence-corrected chi connectivity index (χ3v) is 4.69. The van der Waals surface area contributed by atoms with Crippen LogP contribution in [0, 0.1) is 0 Å². The quantitative estimate of drug-likeness (QED) is 0.631. The number of carbonyl (C=O) groups excluding carboxylic acids is 1. The van der Waals surface area contributed by atoms with Crippen molar-refractivity contribution in [1.82, 2.24) is 5.32 Å². The number of methoxy groups -OCH3 is 1. The largest absolute Gasteiger partial charge is 0.496 e. The van der Waals surface area contributed by atoms with Gasteiger partial charge in [0.2, 0.25) is 5.91 Å². The van der Waals surface area contributed by atoms with Crippen LogP contribution in [0.5, 0.6) is 5.75 Å². The van der Waals surface area contributed by atoms with Crippen molar-refractivity contribution in [3.05, 3.63) is 42.0 Å². The maximum Gasteiger partial charge on any atom is 0.305 e. The van der Waals surface area contributed by atoms with E-state index >= 15 is 0 Å². The summed E-state index contributed by atoms with van der Waals surface area (Å²) in [5.41, 5.74) is 0.779. The van der Waals surface area contributed by atoms with Crippen LogP contribution in [0.1, 0.15) is 12.0 Å². The monoisotopic (exact) mass is 357 g/mol. The molecule has 1 unspecified atom stereocenters. The summed E-state index contributed by atoms with van der Waals surface area (Å²) in [5.74, 6) is -0.739. The molecule has 1 amide bonds. The van der Waals surface area contributed by atoms with Crippen molar-refractivity contribution in [3.8, 4) is 5.75 Å². The van der Waals surface area contributed by atoms with Gasteiger partial charge in [-0.25, -0.2) is 0 Å². The number of nitrogens with one attached hydrogen (secondary N) is 1. The molecule has 8 heteroatoms. The van der Waals surface area contributed by atoms with Gasteiger partial charge in [0.1, 0.15) is 11.0 Å². The number of benzene rings is 2. The number of carbonyl (C=O) groups is 2. The molecule has 0 saturated carbocycles. The number of amides is 1. The summed E-state index contributed by atoms with van der Waals surface area (Å²) in [4.78, 5) is 22.4. The Kier molecular flexibility index (Phi) is 4.99. The second-order valence-electron chi connectivity index (χ2n) is 5.25. The molecule has 3 rings (SSSR count). The average molecular weight is 357 g/mol. The highest BCUT2D eigenvalue weighted by atomic mass is 32.2. The topological polar surface area (TPSA) is 100 Å². The van der Waals surface area contributed by atoms with Crippen molar-refractivity contribution in [3.63, 3.8) is 0 Å². The van der Waals surface area contributed by atoms with E-state index in [4.69, 9.17) is 9.84 Å². The van der Waals surface area contributed by atoms with Gasteiger partial charge in [0, 0.05) is 5.56 Å². The standard InChI is InChI=1S/C17H15N3O4S/c1-24-13-7-6-10-4-2-3-5-11(10)12(13)9-18-20-17-19-16(23)14(25-17)8-15(21)22/h2-7,9,14H,8H2,1H3,(H,21,22)(H,19,20,23). The minimum absolute atomic E-state index is 0.254. The Morgan fingerprint density at radius 2 is 2.16 bits per heavy atom. The number of carboxylic acids is 1. The first-order valence-corrected chi connectivity index (χ1v) is 8.32. The minimum atomic E-state index is -1.03. The van der Waals surface area contributed by atoms with Crippen LogP contribution in [0.15, 0.2) is 46.6 Å². The van der Waals surface area contributed by atoms with E-state index in [1.165, 1.54) is 0 Å². The number of hydrogen-bond donors (Lipinski definition) is 2. The van der Waals surface area contributed by atoms with Crippen LogP contribution < -0.4 is 10.1 Å². The third-order valence-electron chi connectivity index (χ3n) is 3.62. The number of thioether (sulfide) groups is 1. The normalized spacial score (nSPS) is 18.8. The van der Waals surface area contributed by atoms with Crippen molar-refractivity contribution in [2.45, 2.75) is 11.7 Å². The Morgan fingerprint density at radius 1 is 1.36 bits per heavy atom. The van der Waals surface area contributed by atoms with Gasteiger partial charge in [-0.05, 0) is 16.8 Å². The zero-order valence-corrected chi connectivity index (χ0v) is 14.1. The van der Waals surface area contributed by atoms with E-state index in [9.17, 15) is 9.59 Å². The molecular weight excluding hydrogens is 342 g/mol. The molecule has 0 spiro atoms. The minimum Gasteiger partial charge on any atom is -0.496 e. The fourth-order valence-electron chi connectivity index (χ4n) is 2.47. The fraction of sp³-hybridized carbons (Fsp3) is 0.176. The summed E-state index contributed by atoms with van der Waals surface area (Å²) < 4.78 is 5.37. The number of nitrogens with zero attached hydrogens (tertiary/aromatic N) is 2. The van der Waals surface area contributed by atoms with E-state index in [1.807, 2.05) is 36.4 Å². The molecule has 1 aliphatic rings. The molecule has 1 atom stereocenters. The molecule has 1 saturated heterocycles. The summed E-state index contributed by atoms with van der Waals surface area (Å²) in [5, 5.41) is 20.9. The van der Waals surface area contributed by atoms with Gasteiger partial charge >= 0.3 is 5.97 Å². The van der Waals surface area contributed by atoms with E-state index in [0.717, 1.165) is 28.1 Å². The van der Waals surface area contributed by atoms with Crippen LogP contribution in [0.4, 0.5) is 0 Å². The number of hydrogen-bond acceptors (Lipinski definition) is 6. The second-order valence-corrected chi connectivity index (χ2v) is 6.44. The van der Waals surface area contributed by atoms with Crippen LogP contribution >= 0.6 is 11.8 Å². The molecule has 2 aromatic rings. The first kappa shape index (κ1) is 17.0. The number of rotatable bonds is 5. The number of aliphatic carboxylic acids is 1. The number of fused-ring (bicyclic) bond motifs is 1. The summed E-state index contributed by atoms with van der Waals surface area (Å²) in [6, 6.07) is 11.6. The summed E-state index contributed by atoms with van der Waals surface area (Å²) in [6.07, 6.45) is 1.31. The van der Waals surface area contributed by atoms with Crippen molar-refractivity contribution in [1.29, 1.82) is 0 Å². The molecule has 7 nitrogen and oxygen atoms in total. The van der Waals surface area contributed by atoms with Gasteiger partial charge in [-0.15, -0.1) is 5.10 Å². The smallest absolute Gasteiger partial charge is 0.305 e. The number of ether oxygens (including phenoxy) is 1. The first-order chi connectivity index (χ1) is 12.1. The van der Waals surface area contributed by atoms with Crippen LogP contribution in [-0.2, 0) is 9.59 Å². The zero-order chi connectivity index (χ0) is 17.8. The fourth-order valence-corrected chi connectivity index (χ4v) is 3.39. The predicted octanol–water partition coefficient (Wildman–Crippen LogP) is 2.24. The van der Waals surface area contributed by atoms with Crippen molar-refractivity contribution in [2.24, 2.45) is 10.2 Å². The van der Waals surface area contributed by atoms with E-state index in [0.29, 0.717) is 5.75 Å². The molecule has 2 N–H and O–H groups in total. The molecule has 2 aromatic carbocycles. The number of amidine groups is 1. The van der Waals surface area contributed by atoms with Gasteiger partial charge in [-0.1, -0.05) is 42.1 Å². The van der Waals surface area contributed by atoms with E-state index < -0.39 is 11.2 Å². The molecule has 0 bridgehead atoms. The third kappa shape index (κ3) is 3.80. The summed E-state index contributed by atoms with van der Waals surface area (Å²) in [7, 11) is 1.58. The second kappa shape index (κ2) is 7.35. The van der Waals surface area contributed by atoms with Gasteiger partial charge in [-0.2, -0.15) is 5.10 Å². The molecule has 128 valence electrons. The molecule has 1 aliphatic heterocycles. The molecule has 0 aliphatic carbocycles. The molecule has 25 heavy (non-hydrogen) atoms. The SMILES string of the molecule is COc1ccc2ccccc2c1C=NN=C1NC(=O)C(CC(=O)O)S1. The zero-order valence-electron chi connectivity index (χ0n) is 13.3. The van der Waals surface area contributed by atoms with Crippen molar-refractivity contribution < 1.29 is 19.4 Å². The number of carboxylic acid groups (broad SMARTS) is 1.